The van der Waals surface area contributed by atoms with E-state index in [4.69, 9.17) is 4.74 Å². The lowest BCUT2D eigenvalue weighted by molar-refractivity contribution is 0.122. The maximum absolute atomic E-state index is 5.40. The maximum atomic E-state index is 5.40. The molecule has 0 spiro atoms. The highest BCUT2D eigenvalue weighted by atomic mass is 16.5. The number of hydrogen-bond donors (Lipinski definition) is 2. The molecule has 2 aromatic heterocycles. The molecule has 0 bridgehead atoms. The van der Waals surface area contributed by atoms with Gasteiger partial charge in [-0.05, 0) is 30.3 Å². The number of nitrogens with one attached hydrogen (secondary N) is 2. The molecular formula is C18H19N7O. The van der Waals surface area contributed by atoms with Crippen molar-refractivity contribution in [1.82, 2.24) is 19.9 Å². The van der Waals surface area contributed by atoms with Crippen molar-refractivity contribution in [2.24, 2.45) is 0 Å². The van der Waals surface area contributed by atoms with Gasteiger partial charge in [0.15, 0.2) is 5.82 Å². The minimum Gasteiger partial charge on any atom is -0.378 e. The number of anilines is 5. The fraction of sp³-hybridized carbons (Fsp3) is 0.222. The Kier molecular flexibility index (Phi) is 4.83. The van der Waals surface area contributed by atoms with E-state index in [0.29, 0.717) is 17.6 Å². The van der Waals surface area contributed by atoms with Crippen molar-refractivity contribution in [1.29, 1.82) is 0 Å². The third kappa shape index (κ3) is 4.04. The van der Waals surface area contributed by atoms with Crippen LogP contribution in [0.1, 0.15) is 0 Å². The summed E-state index contributed by atoms with van der Waals surface area (Å²) in [5.41, 5.74) is 2.16. The lowest BCUT2D eigenvalue weighted by Crippen LogP contribution is -2.36. The number of benzene rings is 1. The van der Waals surface area contributed by atoms with Gasteiger partial charge in [-0.15, -0.1) is 0 Å². The van der Waals surface area contributed by atoms with Gasteiger partial charge in [0, 0.05) is 43.1 Å². The summed E-state index contributed by atoms with van der Waals surface area (Å²) in [6, 6.07) is 10.1. The molecule has 1 aromatic carbocycles. The van der Waals surface area contributed by atoms with Crippen LogP contribution < -0.4 is 15.5 Å². The predicted octanol–water partition coefficient (Wildman–Crippen LogP) is 2.59. The maximum Gasteiger partial charge on any atom is 0.230 e. The van der Waals surface area contributed by atoms with Gasteiger partial charge < -0.3 is 20.3 Å². The fourth-order valence-electron chi connectivity index (χ4n) is 2.69. The Morgan fingerprint density at radius 2 is 1.69 bits per heavy atom. The van der Waals surface area contributed by atoms with Gasteiger partial charge in [-0.3, -0.25) is 4.98 Å². The Morgan fingerprint density at radius 1 is 0.846 bits per heavy atom. The average Bonchev–Trinajstić information content (AvgIpc) is 2.70. The van der Waals surface area contributed by atoms with E-state index in [1.165, 1.54) is 5.69 Å². The molecule has 132 valence electrons. The number of ether oxygens (including phenoxy) is 1. The fourth-order valence-corrected chi connectivity index (χ4v) is 2.69. The second-order valence-electron chi connectivity index (χ2n) is 5.75. The second kappa shape index (κ2) is 7.75. The Hall–Kier alpha value is -3.26. The van der Waals surface area contributed by atoms with E-state index in [-0.39, 0.29) is 0 Å². The van der Waals surface area contributed by atoms with E-state index in [9.17, 15) is 0 Å². The van der Waals surface area contributed by atoms with Crippen LogP contribution in [0.2, 0.25) is 0 Å². The summed E-state index contributed by atoms with van der Waals surface area (Å²) in [5, 5.41) is 6.32. The monoisotopic (exact) mass is 349 g/mol. The van der Waals surface area contributed by atoms with E-state index in [1.54, 1.807) is 24.8 Å². The highest BCUT2D eigenvalue weighted by molar-refractivity contribution is 5.61. The van der Waals surface area contributed by atoms with Crippen molar-refractivity contribution in [3.63, 3.8) is 0 Å². The molecule has 1 fully saturated rings. The molecule has 0 atom stereocenters. The largest absolute Gasteiger partial charge is 0.378 e. The van der Waals surface area contributed by atoms with Crippen molar-refractivity contribution < 1.29 is 4.74 Å². The van der Waals surface area contributed by atoms with Crippen LogP contribution in [0.25, 0.3) is 0 Å². The minimum absolute atomic E-state index is 0.459. The van der Waals surface area contributed by atoms with Gasteiger partial charge in [-0.2, -0.15) is 4.98 Å². The molecule has 1 aliphatic heterocycles. The zero-order chi connectivity index (χ0) is 17.6. The van der Waals surface area contributed by atoms with E-state index < -0.39 is 0 Å². The van der Waals surface area contributed by atoms with Gasteiger partial charge in [0.1, 0.15) is 5.82 Å². The minimum atomic E-state index is 0.459. The van der Waals surface area contributed by atoms with Gasteiger partial charge in [-0.25, -0.2) is 9.97 Å². The topological polar surface area (TPSA) is 88.1 Å². The van der Waals surface area contributed by atoms with E-state index >= 15 is 0 Å². The second-order valence-corrected chi connectivity index (χ2v) is 5.75. The molecule has 8 heteroatoms. The molecule has 0 unspecified atom stereocenters. The standard InChI is InChI=1S/C18H19N7O/c1-3-15(25-9-11-26-12-10-25)4-2-14(1)22-16-5-6-21-18(23-16)24-17-13-19-7-8-20-17/h1-8,13H,9-12H2,(H2,20,21,22,23,24). The lowest BCUT2D eigenvalue weighted by Gasteiger charge is -2.28. The number of morpholine rings is 1. The Morgan fingerprint density at radius 3 is 2.46 bits per heavy atom. The zero-order valence-electron chi connectivity index (χ0n) is 14.2. The molecule has 3 heterocycles. The zero-order valence-corrected chi connectivity index (χ0v) is 14.2. The van der Waals surface area contributed by atoms with E-state index in [2.05, 4.69) is 47.6 Å². The molecule has 8 nitrogen and oxygen atoms in total. The van der Waals surface area contributed by atoms with Crippen LogP contribution in [0.5, 0.6) is 0 Å². The number of hydrogen-bond acceptors (Lipinski definition) is 8. The van der Waals surface area contributed by atoms with Crippen LogP contribution >= 0.6 is 0 Å². The van der Waals surface area contributed by atoms with Gasteiger partial charge in [0.2, 0.25) is 5.95 Å². The highest BCUT2D eigenvalue weighted by Crippen LogP contribution is 2.21. The third-order valence-electron chi connectivity index (χ3n) is 3.97. The molecule has 3 aromatic rings. The SMILES string of the molecule is c1cnc(Nc2nccc(Nc3ccc(N4CCOCC4)cc3)n2)cn1. The first-order valence-corrected chi connectivity index (χ1v) is 8.43. The van der Waals surface area contributed by atoms with Crippen molar-refractivity contribution in [3.8, 4) is 0 Å². The van der Waals surface area contributed by atoms with Crippen LogP contribution in [0, 0.1) is 0 Å². The van der Waals surface area contributed by atoms with Crippen LogP contribution in [0.15, 0.2) is 55.1 Å². The first-order valence-electron chi connectivity index (χ1n) is 8.43. The average molecular weight is 349 g/mol. The van der Waals surface area contributed by atoms with E-state index in [1.807, 2.05) is 18.2 Å². The first-order chi connectivity index (χ1) is 12.9. The van der Waals surface area contributed by atoms with Gasteiger partial charge in [0.25, 0.3) is 0 Å². The molecule has 26 heavy (non-hydrogen) atoms. The summed E-state index contributed by atoms with van der Waals surface area (Å²) < 4.78 is 5.40. The van der Waals surface area contributed by atoms with Crippen molar-refractivity contribution in [2.45, 2.75) is 0 Å². The lowest BCUT2D eigenvalue weighted by atomic mass is 10.2. The summed E-state index contributed by atoms with van der Waals surface area (Å²) in [4.78, 5) is 19.1. The van der Waals surface area contributed by atoms with Crippen molar-refractivity contribution >= 4 is 29.0 Å². The Balaban J connectivity index is 1.43. The van der Waals surface area contributed by atoms with Crippen molar-refractivity contribution in [2.75, 3.05) is 41.8 Å². The number of aromatic nitrogens is 4. The number of nitrogens with zero attached hydrogens (tertiary/aromatic N) is 5. The summed E-state index contributed by atoms with van der Waals surface area (Å²) >= 11 is 0. The molecule has 0 amide bonds. The Labute approximate surface area is 151 Å². The number of rotatable bonds is 5. The molecule has 1 saturated heterocycles. The van der Waals surface area contributed by atoms with E-state index in [0.717, 1.165) is 32.0 Å². The van der Waals surface area contributed by atoms with Crippen LogP contribution in [0.4, 0.5) is 29.0 Å². The molecule has 0 radical (unpaired) electrons. The molecule has 0 aliphatic carbocycles. The molecule has 2 N–H and O–H groups in total. The molecule has 4 rings (SSSR count). The third-order valence-corrected chi connectivity index (χ3v) is 3.97. The van der Waals surface area contributed by atoms with Crippen molar-refractivity contribution in [3.05, 3.63) is 55.1 Å². The Bertz CT molecular complexity index is 836. The normalized spacial score (nSPS) is 14.1. The van der Waals surface area contributed by atoms with Gasteiger partial charge in [-0.1, -0.05) is 0 Å². The summed E-state index contributed by atoms with van der Waals surface area (Å²) in [6.45, 7) is 3.41. The molecule has 1 aliphatic rings. The summed E-state index contributed by atoms with van der Waals surface area (Å²) in [5.74, 6) is 1.76. The summed E-state index contributed by atoms with van der Waals surface area (Å²) in [6.07, 6.45) is 6.54. The summed E-state index contributed by atoms with van der Waals surface area (Å²) in [7, 11) is 0. The molecule has 0 saturated carbocycles. The van der Waals surface area contributed by atoms with Crippen LogP contribution in [0.3, 0.4) is 0 Å². The molecular weight excluding hydrogens is 330 g/mol. The quantitative estimate of drug-likeness (QED) is 0.727. The van der Waals surface area contributed by atoms with Crippen LogP contribution in [-0.4, -0.2) is 46.2 Å². The predicted molar refractivity (Wildman–Crippen MR) is 100 cm³/mol. The van der Waals surface area contributed by atoms with Crippen LogP contribution in [-0.2, 0) is 4.74 Å². The smallest absolute Gasteiger partial charge is 0.230 e. The highest BCUT2D eigenvalue weighted by Gasteiger charge is 2.10. The first kappa shape index (κ1) is 16.2. The van der Waals surface area contributed by atoms with Gasteiger partial charge >= 0.3 is 0 Å². The van der Waals surface area contributed by atoms with Gasteiger partial charge in [0.05, 0.1) is 19.4 Å².